The van der Waals surface area contributed by atoms with Crippen molar-refractivity contribution in [2.24, 2.45) is 0 Å². The Balaban J connectivity index is 2.65. The number of benzene rings is 1. The van der Waals surface area contributed by atoms with Crippen molar-refractivity contribution in [1.29, 1.82) is 0 Å². The first kappa shape index (κ1) is 17.9. The number of hydrogen-bond donors (Lipinski definition) is 1. The van der Waals surface area contributed by atoms with Crippen molar-refractivity contribution in [2.45, 2.75) is 25.6 Å². The Hall–Kier alpha value is -0.110. The third-order valence-electron chi connectivity index (χ3n) is 2.82. The van der Waals surface area contributed by atoms with E-state index in [9.17, 15) is 13.2 Å². The van der Waals surface area contributed by atoms with E-state index in [2.05, 4.69) is 41.9 Å². The molecular weight excluding hydrogens is 403 g/mol. The predicted octanol–water partition coefficient (Wildman–Crippen LogP) is 4.75. The summed E-state index contributed by atoms with van der Waals surface area (Å²) in [6.07, 6.45) is -3.82. The molecule has 0 amide bonds. The second-order valence-corrected chi connectivity index (χ2v) is 6.13. The lowest BCUT2D eigenvalue weighted by Gasteiger charge is -2.19. The van der Waals surface area contributed by atoms with Gasteiger partial charge in [-0.25, -0.2) is 0 Å². The van der Waals surface area contributed by atoms with Crippen LogP contribution < -0.4 is 5.32 Å². The topological polar surface area (TPSA) is 21.3 Å². The number of aryl methyl sites for hydroxylation is 1. The predicted molar refractivity (Wildman–Crippen MR) is 79.9 cm³/mol. The maximum atomic E-state index is 12.0. The molecule has 1 N–H and O–H groups in total. The van der Waals surface area contributed by atoms with E-state index in [4.69, 9.17) is 0 Å². The van der Waals surface area contributed by atoms with Crippen molar-refractivity contribution in [2.75, 3.05) is 20.3 Å². The van der Waals surface area contributed by atoms with E-state index in [1.165, 1.54) is 0 Å². The summed E-state index contributed by atoms with van der Waals surface area (Å²) in [4.78, 5) is 0. The van der Waals surface area contributed by atoms with Crippen molar-refractivity contribution in [3.05, 3.63) is 32.2 Å². The maximum Gasteiger partial charge on any atom is 0.411 e. The molecule has 0 aromatic heterocycles. The summed E-state index contributed by atoms with van der Waals surface area (Å²) >= 11 is 6.94. The van der Waals surface area contributed by atoms with Gasteiger partial charge in [-0.05, 0) is 43.7 Å². The average molecular weight is 419 g/mol. The molecule has 1 unspecified atom stereocenters. The molecule has 114 valence electrons. The van der Waals surface area contributed by atoms with Crippen LogP contribution in [0.3, 0.4) is 0 Å². The van der Waals surface area contributed by atoms with Crippen LogP contribution >= 0.6 is 31.9 Å². The molecular formula is C13H16Br2F3NO. The zero-order valence-corrected chi connectivity index (χ0v) is 14.3. The molecule has 0 heterocycles. The third-order valence-corrected chi connectivity index (χ3v) is 4.36. The van der Waals surface area contributed by atoms with Gasteiger partial charge in [-0.2, -0.15) is 13.2 Å². The Labute approximate surface area is 133 Å². The highest BCUT2D eigenvalue weighted by Gasteiger charge is 2.27. The molecule has 0 spiro atoms. The van der Waals surface area contributed by atoms with Gasteiger partial charge in [0.25, 0.3) is 0 Å². The Kier molecular flexibility index (Phi) is 6.97. The zero-order valence-electron chi connectivity index (χ0n) is 11.2. The van der Waals surface area contributed by atoms with Crippen molar-refractivity contribution in [3.8, 4) is 0 Å². The van der Waals surface area contributed by atoms with Crippen LogP contribution in [0.4, 0.5) is 13.2 Å². The highest BCUT2D eigenvalue weighted by molar-refractivity contribution is 9.11. The van der Waals surface area contributed by atoms with Gasteiger partial charge in [0.05, 0.1) is 0 Å². The minimum atomic E-state index is -4.28. The van der Waals surface area contributed by atoms with Crippen molar-refractivity contribution >= 4 is 31.9 Å². The fourth-order valence-electron chi connectivity index (χ4n) is 1.77. The molecule has 1 atom stereocenters. The molecule has 1 aromatic carbocycles. The van der Waals surface area contributed by atoms with E-state index in [1.54, 1.807) is 7.05 Å². The van der Waals surface area contributed by atoms with Gasteiger partial charge in [0, 0.05) is 21.6 Å². The molecule has 0 aliphatic heterocycles. The highest BCUT2D eigenvalue weighted by Crippen LogP contribution is 2.31. The molecule has 2 nitrogen and oxygen atoms in total. The Bertz CT molecular complexity index is 452. The first-order chi connectivity index (χ1) is 9.24. The van der Waals surface area contributed by atoms with Crippen molar-refractivity contribution < 1.29 is 17.9 Å². The highest BCUT2D eigenvalue weighted by atomic mass is 79.9. The Morgan fingerprint density at radius 3 is 2.45 bits per heavy atom. The van der Waals surface area contributed by atoms with E-state index in [-0.39, 0.29) is 12.6 Å². The molecule has 20 heavy (non-hydrogen) atoms. The molecule has 0 saturated carbocycles. The number of ether oxygens (including phenoxy) is 1. The Morgan fingerprint density at radius 1 is 1.25 bits per heavy atom. The molecule has 0 fully saturated rings. The largest absolute Gasteiger partial charge is 0.411 e. The number of alkyl halides is 3. The number of rotatable bonds is 6. The third kappa shape index (κ3) is 5.71. The van der Waals surface area contributed by atoms with Crippen LogP contribution in [0.15, 0.2) is 21.1 Å². The summed E-state index contributed by atoms with van der Waals surface area (Å²) in [6, 6.07) is 3.86. The average Bonchev–Trinajstić information content (AvgIpc) is 2.33. The summed E-state index contributed by atoms with van der Waals surface area (Å²) in [5.41, 5.74) is 2.07. The minimum absolute atomic E-state index is 0.0446. The fourth-order valence-corrected chi connectivity index (χ4v) is 2.87. The number of nitrogens with one attached hydrogen (secondary N) is 1. The van der Waals surface area contributed by atoms with E-state index >= 15 is 0 Å². The lowest BCUT2D eigenvalue weighted by atomic mass is 10.0. The van der Waals surface area contributed by atoms with Crippen LogP contribution in [-0.2, 0) is 4.74 Å². The summed E-state index contributed by atoms with van der Waals surface area (Å²) < 4.78 is 42.5. The summed E-state index contributed by atoms with van der Waals surface area (Å²) in [5, 5.41) is 3.09. The maximum absolute atomic E-state index is 12.0. The standard InChI is InChI=1S/C13H16Br2F3NO/c1-8-5-11(15)9(6-10(8)14)12(19-2)3-4-20-7-13(16,17)18/h5-6,12,19H,3-4,7H2,1-2H3. The number of hydrogen-bond acceptors (Lipinski definition) is 2. The van der Waals surface area contributed by atoms with E-state index in [1.807, 2.05) is 19.1 Å². The van der Waals surface area contributed by atoms with Gasteiger partial charge in [0.2, 0.25) is 0 Å². The SMILES string of the molecule is CNC(CCOCC(F)(F)F)c1cc(Br)c(C)cc1Br. The van der Waals surface area contributed by atoms with E-state index in [0.29, 0.717) is 6.42 Å². The molecule has 0 saturated heterocycles. The second kappa shape index (κ2) is 7.77. The molecule has 7 heteroatoms. The van der Waals surface area contributed by atoms with Gasteiger partial charge in [-0.15, -0.1) is 0 Å². The molecule has 0 aliphatic rings. The van der Waals surface area contributed by atoms with E-state index < -0.39 is 12.8 Å². The van der Waals surface area contributed by atoms with Crippen LogP contribution in [0.5, 0.6) is 0 Å². The van der Waals surface area contributed by atoms with Crippen LogP contribution in [0.1, 0.15) is 23.6 Å². The van der Waals surface area contributed by atoms with Crippen LogP contribution in [-0.4, -0.2) is 26.4 Å². The first-order valence-electron chi connectivity index (χ1n) is 6.02. The minimum Gasteiger partial charge on any atom is -0.372 e. The van der Waals surface area contributed by atoms with Gasteiger partial charge in [0.15, 0.2) is 0 Å². The zero-order chi connectivity index (χ0) is 15.3. The van der Waals surface area contributed by atoms with Crippen LogP contribution in [0.25, 0.3) is 0 Å². The summed E-state index contributed by atoms with van der Waals surface area (Å²) in [5.74, 6) is 0. The molecule has 1 aromatic rings. The first-order valence-corrected chi connectivity index (χ1v) is 7.60. The molecule has 1 rings (SSSR count). The smallest absolute Gasteiger partial charge is 0.372 e. The van der Waals surface area contributed by atoms with Gasteiger partial charge < -0.3 is 10.1 Å². The van der Waals surface area contributed by atoms with Gasteiger partial charge in [0.1, 0.15) is 6.61 Å². The monoisotopic (exact) mass is 417 g/mol. The van der Waals surface area contributed by atoms with Gasteiger partial charge >= 0.3 is 6.18 Å². The summed E-state index contributed by atoms with van der Waals surface area (Å²) in [7, 11) is 1.77. The van der Waals surface area contributed by atoms with E-state index in [0.717, 1.165) is 20.1 Å². The summed E-state index contributed by atoms with van der Waals surface area (Å²) in [6.45, 7) is 0.810. The number of halogens is 5. The quantitative estimate of drug-likeness (QED) is 0.673. The normalized spacial score (nSPS) is 13.6. The van der Waals surface area contributed by atoms with Crippen molar-refractivity contribution in [3.63, 3.8) is 0 Å². The Morgan fingerprint density at radius 2 is 1.90 bits per heavy atom. The van der Waals surface area contributed by atoms with Crippen molar-refractivity contribution in [1.82, 2.24) is 5.32 Å². The second-order valence-electron chi connectivity index (χ2n) is 4.42. The van der Waals surface area contributed by atoms with Gasteiger partial charge in [-0.1, -0.05) is 31.9 Å². The molecule has 0 radical (unpaired) electrons. The lowest BCUT2D eigenvalue weighted by molar-refractivity contribution is -0.174. The van der Waals surface area contributed by atoms with Crippen LogP contribution in [0, 0.1) is 6.92 Å². The molecule has 0 aliphatic carbocycles. The lowest BCUT2D eigenvalue weighted by Crippen LogP contribution is -2.22. The molecule has 0 bridgehead atoms. The van der Waals surface area contributed by atoms with Gasteiger partial charge in [-0.3, -0.25) is 0 Å². The fraction of sp³-hybridized carbons (Fsp3) is 0.538. The van der Waals surface area contributed by atoms with Crippen LogP contribution in [0.2, 0.25) is 0 Å².